The number of carboxylic acids is 1. The SMILES string of the molecule is CCCCCCCC/C=C\CCCCCCCCOCCOC1C(OC(=O)CCC(=O)O)[C@@H](COC(c2ccccc2)(c2ccc(OC)cc2)c2ccc(OC)cc2)O[C@H]1n1ccc(=O)[nH]c1=O. The second-order valence-corrected chi connectivity index (χ2v) is 17.1. The summed E-state index contributed by atoms with van der Waals surface area (Å²) in [6.45, 7) is 2.83. The van der Waals surface area contributed by atoms with E-state index in [-0.39, 0.29) is 19.8 Å². The van der Waals surface area contributed by atoms with Crippen LogP contribution in [-0.4, -0.2) is 85.6 Å². The van der Waals surface area contributed by atoms with E-state index < -0.39 is 66.2 Å². The summed E-state index contributed by atoms with van der Waals surface area (Å²) in [7, 11) is 3.17. The maximum absolute atomic E-state index is 13.4. The van der Waals surface area contributed by atoms with E-state index in [1.165, 1.54) is 81.0 Å². The zero-order chi connectivity index (χ0) is 48.4. The lowest BCUT2D eigenvalue weighted by molar-refractivity contribution is -0.162. The van der Waals surface area contributed by atoms with Gasteiger partial charge in [0.05, 0.1) is 46.9 Å². The monoisotopic (exact) mass is 941 g/mol. The fraction of sp³-hybridized carbons (Fsp3) is 0.519. The molecule has 2 unspecified atom stereocenters. The van der Waals surface area contributed by atoms with Gasteiger partial charge in [0, 0.05) is 18.9 Å². The number of allylic oxidation sites excluding steroid dienone is 2. The van der Waals surface area contributed by atoms with Gasteiger partial charge in [0.1, 0.15) is 29.3 Å². The molecule has 1 aliphatic rings. The molecule has 0 saturated carbocycles. The van der Waals surface area contributed by atoms with E-state index >= 15 is 0 Å². The fourth-order valence-corrected chi connectivity index (χ4v) is 8.51. The Morgan fingerprint density at radius 1 is 0.691 bits per heavy atom. The molecule has 14 nitrogen and oxygen atoms in total. The molecule has 14 heteroatoms. The van der Waals surface area contributed by atoms with Crippen molar-refractivity contribution >= 4 is 11.9 Å². The molecule has 3 aromatic carbocycles. The molecule has 1 saturated heterocycles. The number of methoxy groups -OCH3 is 2. The van der Waals surface area contributed by atoms with Crippen molar-refractivity contribution in [3.63, 3.8) is 0 Å². The van der Waals surface area contributed by atoms with Crippen LogP contribution in [0.2, 0.25) is 0 Å². The number of aliphatic carboxylic acids is 1. The Bertz CT molecular complexity index is 2160. The normalized spacial score (nSPS) is 17.1. The van der Waals surface area contributed by atoms with Crippen molar-refractivity contribution in [2.45, 2.75) is 140 Å². The molecule has 370 valence electrons. The molecule has 4 atom stereocenters. The lowest BCUT2D eigenvalue weighted by Crippen LogP contribution is -2.43. The van der Waals surface area contributed by atoms with E-state index in [1.54, 1.807) is 14.2 Å². The Hall–Kier alpha value is -5.54. The predicted molar refractivity (Wildman–Crippen MR) is 260 cm³/mol. The highest BCUT2D eigenvalue weighted by Gasteiger charge is 2.51. The molecule has 2 N–H and O–H groups in total. The Kier molecular flexibility index (Phi) is 23.1. The van der Waals surface area contributed by atoms with Gasteiger partial charge in [-0.2, -0.15) is 0 Å². The minimum Gasteiger partial charge on any atom is -0.497 e. The first-order chi connectivity index (χ1) is 33.2. The number of nitrogens with zero attached hydrogens (tertiary/aromatic N) is 1. The zero-order valence-corrected chi connectivity index (χ0v) is 40.2. The molecule has 0 bridgehead atoms. The molecule has 2 heterocycles. The molecule has 1 aromatic heterocycles. The molecule has 4 aromatic rings. The number of H-pyrrole nitrogens is 1. The van der Waals surface area contributed by atoms with Crippen molar-refractivity contribution in [2.24, 2.45) is 0 Å². The summed E-state index contributed by atoms with van der Waals surface area (Å²) in [6.07, 6.45) is 17.5. The van der Waals surface area contributed by atoms with Crippen LogP contribution >= 0.6 is 0 Å². The van der Waals surface area contributed by atoms with Crippen LogP contribution in [0, 0.1) is 0 Å². The molecular formula is C54H72N2O12. The number of unbranched alkanes of at least 4 members (excludes halogenated alkanes) is 12. The number of carboxylic acid groups (broad SMARTS) is 1. The number of hydrogen-bond acceptors (Lipinski definition) is 11. The van der Waals surface area contributed by atoms with E-state index in [9.17, 15) is 24.3 Å². The predicted octanol–water partition coefficient (Wildman–Crippen LogP) is 9.68. The second kappa shape index (κ2) is 29.4. The maximum Gasteiger partial charge on any atom is 0.330 e. The van der Waals surface area contributed by atoms with E-state index in [2.05, 4.69) is 24.1 Å². The van der Waals surface area contributed by atoms with Gasteiger partial charge in [-0.3, -0.25) is 23.9 Å². The smallest absolute Gasteiger partial charge is 0.330 e. The highest BCUT2D eigenvalue weighted by Crippen LogP contribution is 2.43. The third-order valence-corrected chi connectivity index (χ3v) is 12.2. The van der Waals surface area contributed by atoms with Gasteiger partial charge < -0.3 is 38.3 Å². The number of esters is 1. The van der Waals surface area contributed by atoms with Crippen molar-refractivity contribution < 1.29 is 47.9 Å². The van der Waals surface area contributed by atoms with Crippen molar-refractivity contribution in [1.29, 1.82) is 0 Å². The average molecular weight is 941 g/mol. The van der Waals surface area contributed by atoms with Crippen molar-refractivity contribution in [3.8, 4) is 11.5 Å². The van der Waals surface area contributed by atoms with Gasteiger partial charge in [-0.1, -0.05) is 131 Å². The summed E-state index contributed by atoms with van der Waals surface area (Å²) in [5, 5.41) is 9.39. The molecule has 0 aliphatic carbocycles. The largest absolute Gasteiger partial charge is 0.497 e. The van der Waals surface area contributed by atoms with E-state index in [0.29, 0.717) is 18.1 Å². The highest BCUT2D eigenvalue weighted by atomic mass is 16.6. The zero-order valence-electron chi connectivity index (χ0n) is 40.2. The number of hydrogen-bond donors (Lipinski definition) is 2. The molecule has 68 heavy (non-hydrogen) atoms. The Labute approximate surface area is 400 Å². The lowest BCUT2D eigenvalue weighted by atomic mass is 9.80. The molecule has 5 rings (SSSR count). The van der Waals surface area contributed by atoms with Gasteiger partial charge in [0.25, 0.3) is 5.56 Å². The molecule has 0 spiro atoms. The average Bonchev–Trinajstić information content (AvgIpc) is 3.68. The number of benzene rings is 3. The minimum absolute atomic E-state index is 0.0530. The first-order valence-electron chi connectivity index (χ1n) is 24.4. The fourth-order valence-electron chi connectivity index (χ4n) is 8.51. The van der Waals surface area contributed by atoms with Gasteiger partial charge in [-0.15, -0.1) is 0 Å². The number of ether oxygens (including phenoxy) is 7. The molecular weight excluding hydrogens is 869 g/mol. The van der Waals surface area contributed by atoms with Crippen LogP contribution in [-0.2, 0) is 38.9 Å². The van der Waals surface area contributed by atoms with E-state index in [4.69, 9.17) is 33.2 Å². The van der Waals surface area contributed by atoms with Crippen LogP contribution in [0.25, 0.3) is 0 Å². The summed E-state index contributed by atoms with van der Waals surface area (Å²) < 4.78 is 44.3. The number of aromatic amines is 1. The van der Waals surface area contributed by atoms with Crippen LogP contribution in [0.1, 0.15) is 133 Å². The van der Waals surface area contributed by atoms with Crippen LogP contribution in [0.4, 0.5) is 0 Å². The van der Waals surface area contributed by atoms with Gasteiger partial charge in [-0.25, -0.2) is 4.79 Å². The summed E-state index contributed by atoms with van der Waals surface area (Å²) in [5.74, 6) is -0.691. The number of nitrogens with one attached hydrogen (secondary N) is 1. The first kappa shape index (κ1) is 53.4. The summed E-state index contributed by atoms with van der Waals surface area (Å²) in [4.78, 5) is 52.7. The van der Waals surface area contributed by atoms with E-state index in [1.807, 2.05) is 78.9 Å². The van der Waals surface area contributed by atoms with E-state index in [0.717, 1.165) is 42.4 Å². The van der Waals surface area contributed by atoms with Crippen LogP contribution in [0.3, 0.4) is 0 Å². The van der Waals surface area contributed by atoms with Crippen molar-refractivity contribution in [1.82, 2.24) is 9.55 Å². The van der Waals surface area contributed by atoms with Gasteiger partial charge >= 0.3 is 17.6 Å². The van der Waals surface area contributed by atoms with Crippen molar-refractivity contribution in [3.05, 3.63) is 141 Å². The highest BCUT2D eigenvalue weighted by molar-refractivity contribution is 5.76. The number of aromatic nitrogens is 2. The number of carbonyl (C=O) groups is 2. The molecule has 0 radical (unpaired) electrons. The van der Waals surface area contributed by atoms with Crippen LogP contribution in [0.15, 0.2) is 113 Å². The maximum atomic E-state index is 13.4. The third kappa shape index (κ3) is 16.3. The van der Waals surface area contributed by atoms with Gasteiger partial charge in [-0.05, 0) is 73.1 Å². The minimum atomic E-state index is -1.29. The molecule has 0 amide bonds. The Morgan fingerprint density at radius 2 is 1.26 bits per heavy atom. The summed E-state index contributed by atoms with van der Waals surface area (Å²) >= 11 is 0. The topological polar surface area (TPSA) is 174 Å². The number of carbonyl (C=O) groups excluding carboxylic acids is 1. The van der Waals surface area contributed by atoms with Crippen LogP contribution < -0.4 is 20.7 Å². The molecule has 1 aliphatic heterocycles. The quantitative estimate of drug-likeness (QED) is 0.0201. The third-order valence-electron chi connectivity index (χ3n) is 12.2. The van der Waals surface area contributed by atoms with Crippen LogP contribution in [0.5, 0.6) is 11.5 Å². The number of rotatable bonds is 33. The lowest BCUT2D eigenvalue weighted by Gasteiger charge is -2.37. The first-order valence-corrected chi connectivity index (χ1v) is 24.4. The molecule has 1 fully saturated rings. The van der Waals surface area contributed by atoms with Crippen molar-refractivity contribution in [2.75, 3.05) is 40.6 Å². The Balaban J connectivity index is 1.28. The van der Waals surface area contributed by atoms with Gasteiger partial charge in [0.2, 0.25) is 0 Å². The summed E-state index contributed by atoms with van der Waals surface area (Å²) in [5.41, 5.74) is -0.416. The van der Waals surface area contributed by atoms with Gasteiger partial charge in [0.15, 0.2) is 12.3 Å². The Morgan fingerprint density at radius 3 is 1.84 bits per heavy atom. The standard InChI is InChI=1S/C54H72N2O12/c1-4-5-6-7-8-9-10-11-12-13-14-15-16-17-18-22-37-64-38-39-65-51-50(68-49(60)34-33-48(58)59)46(67-52(51)56-36-35-47(57)55-53(56)61)40-66-54(41-23-20-19-21-24-41,42-25-29-44(62-2)30-26-42)43-27-31-45(63-3)32-28-43/h11-12,19-21,23-32,35-36,46,50-52H,4-10,13-18,22,33-34,37-40H2,1-3H3,(H,58,59)(H,55,57,61)/b12-11-/t46-,50?,51?,52-/m1/s1. The second-order valence-electron chi connectivity index (χ2n) is 17.1. The summed E-state index contributed by atoms with van der Waals surface area (Å²) in [6, 6.07) is 25.7.